The molecule has 5 rings (SSSR count). The molecule has 0 spiro atoms. The number of furan rings is 1. The lowest BCUT2D eigenvalue weighted by Crippen LogP contribution is -2.32. The van der Waals surface area contributed by atoms with E-state index >= 15 is 0 Å². The molecule has 7 nitrogen and oxygen atoms in total. The number of fused-ring (bicyclic) bond motifs is 2. The molecule has 0 fully saturated rings. The van der Waals surface area contributed by atoms with E-state index in [9.17, 15) is 9.59 Å². The number of rotatable bonds is 5. The highest BCUT2D eigenvalue weighted by atomic mass is 35.5. The number of aromatic amines is 1. The van der Waals surface area contributed by atoms with Crippen molar-refractivity contribution in [3.63, 3.8) is 0 Å². The zero-order chi connectivity index (χ0) is 21.4. The van der Waals surface area contributed by atoms with Gasteiger partial charge in [-0.25, -0.2) is 0 Å². The van der Waals surface area contributed by atoms with E-state index in [0.717, 1.165) is 5.39 Å². The van der Waals surface area contributed by atoms with Crippen LogP contribution in [0, 0.1) is 0 Å². The van der Waals surface area contributed by atoms with Crippen molar-refractivity contribution < 1.29 is 18.7 Å². The number of aromatic nitrogens is 1. The van der Waals surface area contributed by atoms with Gasteiger partial charge in [-0.05, 0) is 42.5 Å². The van der Waals surface area contributed by atoms with Gasteiger partial charge in [-0.1, -0.05) is 17.7 Å². The number of ether oxygens (including phenoxy) is 2. The molecular formula is C23H17ClN2O5. The fraction of sp³-hybridized carbons (Fsp3) is 0.130. The van der Waals surface area contributed by atoms with Crippen LogP contribution in [-0.2, 0) is 13.1 Å². The Balaban J connectivity index is 1.51. The van der Waals surface area contributed by atoms with E-state index in [1.807, 2.05) is 6.07 Å². The number of carbonyl (C=O) groups is 1. The minimum Gasteiger partial charge on any atom is -0.467 e. The van der Waals surface area contributed by atoms with Gasteiger partial charge in [0.15, 0.2) is 11.5 Å². The summed E-state index contributed by atoms with van der Waals surface area (Å²) in [6.07, 6.45) is 1.54. The lowest BCUT2D eigenvalue weighted by atomic mass is 10.1. The van der Waals surface area contributed by atoms with Crippen molar-refractivity contribution in [2.75, 3.05) is 6.79 Å². The molecular weight excluding hydrogens is 420 g/mol. The Bertz CT molecular complexity index is 1330. The molecule has 0 saturated heterocycles. The average Bonchev–Trinajstić information content (AvgIpc) is 3.43. The number of nitrogens with one attached hydrogen (secondary N) is 1. The first-order valence-electron chi connectivity index (χ1n) is 9.59. The van der Waals surface area contributed by atoms with Crippen molar-refractivity contribution in [1.29, 1.82) is 0 Å². The van der Waals surface area contributed by atoms with Gasteiger partial charge in [-0.15, -0.1) is 0 Å². The van der Waals surface area contributed by atoms with Crippen LogP contribution >= 0.6 is 11.6 Å². The van der Waals surface area contributed by atoms with E-state index in [1.54, 1.807) is 59.7 Å². The molecule has 0 unspecified atom stereocenters. The molecule has 0 bridgehead atoms. The smallest absolute Gasteiger partial charge is 0.254 e. The molecule has 1 aliphatic heterocycles. The van der Waals surface area contributed by atoms with E-state index < -0.39 is 0 Å². The minimum atomic E-state index is -0.283. The van der Waals surface area contributed by atoms with Crippen LogP contribution in [0.1, 0.15) is 21.7 Å². The number of benzene rings is 2. The predicted molar refractivity (Wildman–Crippen MR) is 114 cm³/mol. The van der Waals surface area contributed by atoms with Crippen LogP contribution in [-0.4, -0.2) is 22.6 Å². The molecule has 31 heavy (non-hydrogen) atoms. The molecule has 156 valence electrons. The van der Waals surface area contributed by atoms with Gasteiger partial charge in [-0.2, -0.15) is 0 Å². The quantitative estimate of drug-likeness (QED) is 0.503. The van der Waals surface area contributed by atoms with E-state index in [0.29, 0.717) is 38.9 Å². The normalized spacial score (nSPS) is 12.3. The molecule has 1 amide bonds. The number of hydrogen-bond acceptors (Lipinski definition) is 5. The third-order valence-electron chi connectivity index (χ3n) is 5.06. The van der Waals surface area contributed by atoms with Gasteiger partial charge in [-0.3, -0.25) is 9.59 Å². The van der Waals surface area contributed by atoms with Crippen LogP contribution in [0.4, 0.5) is 0 Å². The van der Waals surface area contributed by atoms with E-state index in [2.05, 4.69) is 4.98 Å². The first kappa shape index (κ1) is 19.3. The number of nitrogens with zero attached hydrogens (tertiary/aromatic N) is 1. The topological polar surface area (TPSA) is 84.8 Å². The van der Waals surface area contributed by atoms with Crippen molar-refractivity contribution >= 4 is 28.4 Å². The summed E-state index contributed by atoms with van der Waals surface area (Å²) in [6, 6.07) is 15.6. The van der Waals surface area contributed by atoms with Gasteiger partial charge in [0.25, 0.3) is 11.5 Å². The highest BCUT2D eigenvalue weighted by molar-refractivity contribution is 6.30. The summed E-state index contributed by atoms with van der Waals surface area (Å²) in [5.74, 6) is 1.56. The molecule has 0 saturated carbocycles. The number of pyridine rings is 1. The fourth-order valence-corrected chi connectivity index (χ4v) is 3.75. The van der Waals surface area contributed by atoms with E-state index in [-0.39, 0.29) is 31.3 Å². The number of carbonyl (C=O) groups excluding carboxylic acids is 1. The van der Waals surface area contributed by atoms with Crippen molar-refractivity contribution in [2.24, 2.45) is 0 Å². The van der Waals surface area contributed by atoms with Crippen molar-refractivity contribution in [2.45, 2.75) is 13.1 Å². The van der Waals surface area contributed by atoms with Crippen molar-refractivity contribution in [3.8, 4) is 11.5 Å². The van der Waals surface area contributed by atoms with Gasteiger partial charge in [0.2, 0.25) is 6.79 Å². The highest BCUT2D eigenvalue weighted by Crippen LogP contribution is 2.35. The second kappa shape index (κ2) is 7.85. The van der Waals surface area contributed by atoms with Crippen molar-refractivity contribution in [1.82, 2.24) is 9.88 Å². The van der Waals surface area contributed by atoms with Crippen LogP contribution in [0.3, 0.4) is 0 Å². The monoisotopic (exact) mass is 436 g/mol. The Morgan fingerprint density at radius 1 is 1.03 bits per heavy atom. The third-order valence-corrected chi connectivity index (χ3v) is 5.30. The van der Waals surface area contributed by atoms with Gasteiger partial charge in [0.05, 0.1) is 24.9 Å². The van der Waals surface area contributed by atoms with Gasteiger partial charge in [0, 0.05) is 27.6 Å². The molecule has 3 heterocycles. The number of halogens is 1. The molecule has 0 radical (unpaired) electrons. The maximum absolute atomic E-state index is 13.2. The van der Waals surface area contributed by atoms with Crippen LogP contribution < -0.4 is 15.0 Å². The first-order chi connectivity index (χ1) is 15.1. The Morgan fingerprint density at radius 2 is 1.87 bits per heavy atom. The van der Waals surface area contributed by atoms with Crippen LogP contribution in [0.2, 0.25) is 5.02 Å². The Morgan fingerprint density at radius 3 is 2.65 bits per heavy atom. The summed E-state index contributed by atoms with van der Waals surface area (Å²) >= 11 is 6.07. The SMILES string of the molecule is O=C(c1cccc(Cl)c1)N(Cc1ccco1)Cc1cc2cc3c(cc2[nH]c1=O)OCO3. The summed E-state index contributed by atoms with van der Waals surface area (Å²) in [5, 5.41) is 1.25. The maximum Gasteiger partial charge on any atom is 0.254 e. The Hall–Kier alpha value is -3.71. The summed E-state index contributed by atoms with van der Waals surface area (Å²) in [5.41, 5.74) is 1.22. The van der Waals surface area contributed by atoms with Crippen LogP contribution in [0.5, 0.6) is 11.5 Å². The number of H-pyrrole nitrogens is 1. The first-order valence-corrected chi connectivity index (χ1v) is 9.97. The van der Waals surface area contributed by atoms with E-state index in [1.165, 1.54) is 0 Å². The summed E-state index contributed by atoms with van der Waals surface area (Å²) < 4.78 is 16.2. The lowest BCUT2D eigenvalue weighted by Gasteiger charge is -2.22. The zero-order valence-corrected chi connectivity index (χ0v) is 17.0. The van der Waals surface area contributed by atoms with Crippen LogP contribution in [0.25, 0.3) is 10.9 Å². The average molecular weight is 437 g/mol. The van der Waals surface area contributed by atoms with Gasteiger partial charge < -0.3 is 23.8 Å². The second-order valence-corrected chi connectivity index (χ2v) is 7.60. The molecule has 4 aromatic rings. The molecule has 8 heteroatoms. The highest BCUT2D eigenvalue weighted by Gasteiger charge is 2.21. The summed E-state index contributed by atoms with van der Waals surface area (Å²) in [4.78, 5) is 30.4. The third kappa shape index (κ3) is 3.87. The van der Waals surface area contributed by atoms with Gasteiger partial charge in [0.1, 0.15) is 5.76 Å². The molecule has 0 aliphatic carbocycles. The van der Waals surface area contributed by atoms with Crippen molar-refractivity contribution in [3.05, 3.63) is 93.1 Å². The summed E-state index contributed by atoms with van der Waals surface area (Å²) in [7, 11) is 0. The predicted octanol–water partition coefficient (Wildman–Crippen LogP) is 4.35. The minimum absolute atomic E-state index is 0.0890. The molecule has 2 aromatic carbocycles. The molecule has 2 aromatic heterocycles. The lowest BCUT2D eigenvalue weighted by molar-refractivity contribution is 0.0717. The molecule has 1 N–H and O–H groups in total. The van der Waals surface area contributed by atoms with Gasteiger partial charge >= 0.3 is 0 Å². The maximum atomic E-state index is 13.2. The van der Waals surface area contributed by atoms with E-state index in [4.69, 9.17) is 25.5 Å². The molecule has 1 aliphatic rings. The Kier molecular flexibility index (Phi) is 4.88. The second-order valence-electron chi connectivity index (χ2n) is 7.17. The standard InChI is InChI=1S/C23H17ClN2O5/c24-17-4-1-3-14(8-17)23(28)26(12-18-5-2-6-29-18)11-16-7-15-9-20-21(31-13-30-20)10-19(15)25-22(16)27/h1-10H,11-13H2,(H,25,27). The largest absolute Gasteiger partial charge is 0.467 e. The van der Waals surface area contributed by atoms with Crippen LogP contribution in [0.15, 0.2) is 70.1 Å². The Labute approximate surface area is 181 Å². The number of amides is 1. The number of hydrogen-bond donors (Lipinski definition) is 1. The fourth-order valence-electron chi connectivity index (χ4n) is 3.56. The summed E-state index contributed by atoms with van der Waals surface area (Å²) in [6.45, 7) is 0.441. The zero-order valence-electron chi connectivity index (χ0n) is 16.3. The molecule has 0 atom stereocenters.